The molecule has 2 aromatic carbocycles. The van der Waals surface area contributed by atoms with Crippen LogP contribution in [0, 0.1) is 0 Å². The zero-order valence-corrected chi connectivity index (χ0v) is 14.5. The Morgan fingerprint density at radius 1 is 1.24 bits per heavy atom. The van der Waals surface area contributed by atoms with E-state index in [4.69, 9.17) is 5.73 Å². The molecular formula is C18H18N4O2S. The second kappa shape index (κ2) is 7.40. The molecule has 128 valence electrons. The number of nitrogen functional groups attached to an aromatic ring is 1. The fourth-order valence-corrected chi connectivity index (χ4v) is 3.29. The fourth-order valence-electron chi connectivity index (χ4n) is 2.36. The van der Waals surface area contributed by atoms with Gasteiger partial charge in [-0.3, -0.25) is 9.59 Å². The highest BCUT2D eigenvalue weighted by Crippen LogP contribution is 2.25. The number of hydrogen-bond acceptors (Lipinski definition) is 5. The molecule has 1 aliphatic heterocycles. The van der Waals surface area contributed by atoms with Crippen molar-refractivity contribution in [3.05, 3.63) is 54.6 Å². The van der Waals surface area contributed by atoms with Gasteiger partial charge in [0.05, 0.1) is 17.4 Å². The monoisotopic (exact) mass is 354 g/mol. The van der Waals surface area contributed by atoms with E-state index in [1.165, 1.54) is 16.8 Å². The summed E-state index contributed by atoms with van der Waals surface area (Å²) < 4.78 is 0. The summed E-state index contributed by atoms with van der Waals surface area (Å²) in [5.74, 6) is -0.00889. The molecule has 0 aromatic heterocycles. The lowest BCUT2D eigenvalue weighted by atomic mass is 10.3. The first-order valence-corrected chi connectivity index (χ1v) is 8.69. The van der Waals surface area contributed by atoms with Crippen molar-refractivity contribution in [2.45, 2.75) is 23.5 Å². The van der Waals surface area contributed by atoms with Gasteiger partial charge in [0.2, 0.25) is 5.91 Å². The zero-order valence-electron chi connectivity index (χ0n) is 13.7. The maximum atomic E-state index is 12.4. The number of hydrazone groups is 1. The molecule has 0 saturated carbocycles. The number of para-hydroxylation sites is 1. The third-order valence-electron chi connectivity index (χ3n) is 3.58. The Kier molecular flexibility index (Phi) is 5.04. The SMILES string of the molecule is CC(Sc1cccc(N)c1)C(=O)NC1=NN(c2ccccc2)C(=O)C1. The van der Waals surface area contributed by atoms with E-state index in [0.717, 1.165) is 4.90 Å². The molecule has 3 rings (SSSR count). The van der Waals surface area contributed by atoms with Crippen LogP contribution in [-0.2, 0) is 9.59 Å². The van der Waals surface area contributed by atoms with Crippen LogP contribution < -0.4 is 16.1 Å². The molecule has 1 unspecified atom stereocenters. The Morgan fingerprint density at radius 2 is 2.00 bits per heavy atom. The van der Waals surface area contributed by atoms with Crippen LogP contribution >= 0.6 is 11.8 Å². The van der Waals surface area contributed by atoms with Crippen molar-refractivity contribution in [1.82, 2.24) is 5.32 Å². The lowest BCUT2D eigenvalue weighted by molar-refractivity contribution is -0.118. The number of benzene rings is 2. The van der Waals surface area contributed by atoms with Gasteiger partial charge in [0.1, 0.15) is 5.84 Å². The Balaban J connectivity index is 1.63. The average Bonchev–Trinajstić information content (AvgIpc) is 2.96. The van der Waals surface area contributed by atoms with Gasteiger partial charge in [-0.15, -0.1) is 11.8 Å². The predicted octanol–water partition coefficient (Wildman–Crippen LogP) is 2.62. The molecule has 0 bridgehead atoms. The molecule has 0 spiro atoms. The predicted molar refractivity (Wildman–Crippen MR) is 100 cm³/mol. The van der Waals surface area contributed by atoms with E-state index >= 15 is 0 Å². The summed E-state index contributed by atoms with van der Waals surface area (Å²) in [7, 11) is 0. The summed E-state index contributed by atoms with van der Waals surface area (Å²) in [5, 5.41) is 7.93. The van der Waals surface area contributed by atoms with Crippen molar-refractivity contribution < 1.29 is 9.59 Å². The van der Waals surface area contributed by atoms with Crippen LogP contribution in [0.5, 0.6) is 0 Å². The molecule has 2 amide bonds. The number of nitrogens with one attached hydrogen (secondary N) is 1. The lowest BCUT2D eigenvalue weighted by Crippen LogP contribution is -2.35. The Labute approximate surface area is 150 Å². The second-order valence-electron chi connectivity index (χ2n) is 5.59. The Morgan fingerprint density at radius 3 is 2.72 bits per heavy atom. The molecule has 1 aliphatic rings. The van der Waals surface area contributed by atoms with Crippen molar-refractivity contribution in [3.8, 4) is 0 Å². The number of hydrogen-bond donors (Lipinski definition) is 2. The van der Waals surface area contributed by atoms with Crippen molar-refractivity contribution in [1.29, 1.82) is 0 Å². The smallest absolute Gasteiger partial charge is 0.255 e. The first kappa shape index (κ1) is 17.0. The first-order chi connectivity index (χ1) is 12.0. The zero-order chi connectivity index (χ0) is 17.8. The van der Waals surface area contributed by atoms with E-state index in [2.05, 4.69) is 10.4 Å². The first-order valence-electron chi connectivity index (χ1n) is 7.81. The van der Waals surface area contributed by atoms with Crippen LogP contribution in [0.1, 0.15) is 13.3 Å². The minimum absolute atomic E-state index is 0.0797. The highest BCUT2D eigenvalue weighted by molar-refractivity contribution is 8.00. The van der Waals surface area contributed by atoms with Gasteiger partial charge in [-0.2, -0.15) is 10.1 Å². The number of amides is 2. The Hall–Kier alpha value is -2.80. The van der Waals surface area contributed by atoms with Gasteiger partial charge in [-0.25, -0.2) is 0 Å². The van der Waals surface area contributed by atoms with Crippen LogP contribution in [0.3, 0.4) is 0 Å². The molecular weight excluding hydrogens is 336 g/mol. The summed E-state index contributed by atoms with van der Waals surface area (Å²) in [5.41, 5.74) is 7.09. The molecule has 0 aliphatic carbocycles. The van der Waals surface area contributed by atoms with Crippen LogP contribution in [0.2, 0.25) is 0 Å². The molecule has 7 heteroatoms. The van der Waals surface area contributed by atoms with Gasteiger partial charge < -0.3 is 11.1 Å². The van der Waals surface area contributed by atoms with Crippen LogP contribution in [0.4, 0.5) is 11.4 Å². The fraction of sp³-hybridized carbons (Fsp3) is 0.167. The van der Waals surface area contributed by atoms with E-state index in [1.807, 2.05) is 36.4 Å². The number of thioether (sulfide) groups is 1. The number of rotatable bonds is 4. The molecule has 0 radical (unpaired) electrons. The summed E-state index contributed by atoms with van der Waals surface area (Å²) in [6.45, 7) is 1.80. The Bertz CT molecular complexity index is 823. The number of carbonyl (C=O) groups excluding carboxylic acids is 2. The molecule has 0 saturated heterocycles. The van der Waals surface area contributed by atoms with Crippen molar-refractivity contribution in [2.75, 3.05) is 10.7 Å². The highest BCUT2D eigenvalue weighted by atomic mass is 32.2. The number of nitrogens with zero attached hydrogens (tertiary/aromatic N) is 2. The second-order valence-corrected chi connectivity index (χ2v) is 7.00. The van der Waals surface area contributed by atoms with Gasteiger partial charge in [-0.1, -0.05) is 24.3 Å². The number of amidine groups is 1. The normalized spacial score (nSPS) is 15.0. The van der Waals surface area contributed by atoms with E-state index in [0.29, 0.717) is 17.2 Å². The molecule has 1 heterocycles. The van der Waals surface area contributed by atoms with Gasteiger partial charge in [0.15, 0.2) is 0 Å². The van der Waals surface area contributed by atoms with E-state index < -0.39 is 0 Å². The van der Waals surface area contributed by atoms with Crippen LogP contribution in [0.25, 0.3) is 0 Å². The van der Waals surface area contributed by atoms with Gasteiger partial charge in [0, 0.05) is 10.6 Å². The molecule has 25 heavy (non-hydrogen) atoms. The van der Waals surface area contributed by atoms with Gasteiger partial charge in [-0.05, 0) is 37.3 Å². The number of anilines is 2. The molecule has 6 nitrogen and oxygen atoms in total. The summed E-state index contributed by atoms with van der Waals surface area (Å²) in [6.07, 6.45) is 0.0797. The summed E-state index contributed by atoms with van der Waals surface area (Å²) in [6, 6.07) is 16.5. The minimum atomic E-state index is -0.342. The minimum Gasteiger partial charge on any atom is -0.399 e. The third kappa shape index (κ3) is 4.19. The third-order valence-corrected chi connectivity index (χ3v) is 4.68. The molecule has 3 N–H and O–H groups in total. The van der Waals surface area contributed by atoms with Gasteiger partial charge >= 0.3 is 0 Å². The molecule has 0 fully saturated rings. The number of nitrogens with two attached hydrogens (primary N) is 1. The van der Waals surface area contributed by atoms with Crippen molar-refractivity contribution in [2.24, 2.45) is 5.10 Å². The van der Waals surface area contributed by atoms with Crippen LogP contribution in [-0.4, -0.2) is 22.9 Å². The maximum absolute atomic E-state index is 12.4. The van der Waals surface area contributed by atoms with E-state index in [9.17, 15) is 9.59 Å². The summed E-state index contributed by atoms with van der Waals surface area (Å²) in [4.78, 5) is 25.4. The highest BCUT2D eigenvalue weighted by Gasteiger charge is 2.27. The molecule has 1 atom stereocenters. The van der Waals surface area contributed by atoms with Crippen LogP contribution in [0.15, 0.2) is 64.6 Å². The van der Waals surface area contributed by atoms with Gasteiger partial charge in [0.25, 0.3) is 5.91 Å². The lowest BCUT2D eigenvalue weighted by Gasteiger charge is -2.12. The standard InChI is InChI=1S/C18H18N4O2S/c1-12(25-15-9-5-6-13(19)10-15)18(24)20-16-11-17(23)22(21-16)14-7-3-2-4-8-14/h2-10,12H,11,19H2,1H3,(H,20,21,24). The van der Waals surface area contributed by atoms with Crippen molar-refractivity contribution in [3.63, 3.8) is 0 Å². The maximum Gasteiger partial charge on any atom is 0.255 e. The largest absolute Gasteiger partial charge is 0.399 e. The van der Waals surface area contributed by atoms with E-state index in [-0.39, 0.29) is 23.5 Å². The topological polar surface area (TPSA) is 87.8 Å². The summed E-state index contributed by atoms with van der Waals surface area (Å²) >= 11 is 1.40. The average molecular weight is 354 g/mol. The quantitative estimate of drug-likeness (QED) is 0.653. The number of carbonyl (C=O) groups is 2. The van der Waals surface area contributed by atoms with Crippen molar-refractivity contribution >= 4 is 40.8 Å². The van der Waals surface area contributed by atoms with E-state index in [1.54, 1.807) is 25.1 Å². The molecule has 2 aromatic rings.